The van der Waals surface area contributed by atoms with E-state index in [9.17, 15) is 0 Å². The van der Waals surface area contributed by atoms with Crippen LogP contribution >= 0.6 is 38.5 Å². The Kier molecular flexibility index (Phi) is 4.09. The smallest absolute Gasteiger partial charge is 0.149 e. The minimum atomic E-state index is 0.604. The third kappa shape index (κ3) is 2.65. The Morgan fingerprint density at radius 3 is 2.94 bits per heavy atom. The molecule has 1 aromatic carbocycles. The van der Waals surface area contributed by atoms with E-state index in [1.54, 1.807) is 0 Å². The number of anilines is 1. The second-order valence-corrected chi connectivity index (χ2v) is 5.94. The predicted molar refractivity (Wildman–Crippen MR) is 82.8 cm³/mol. The van der Waals surface area contributed by atoms with Gasteiger partial charge in [-0.25, -0.2) is 0 Å². The van der Waals surface area contributed by atoms with Crippen LogP contribution in [0.3, 0.4) is 0 Å². The van der Waals surface area contributed by atoms with E-state index in [4.69, 9.17) is 5.73 Å². The maximum absolute atomic E-state index is 5.89. The Bertz CT molecular complexity index is 537. The van der Waals surface area contributed by atoms with Crippen LogP contribution in [0.15, 0.2) is 22.7 Å². The molecule has 3 nitrogen and oxygen atoms in total. The molecule has 5 heteroatoms. The molecule has 0 saturated carbocycles. The van der Waals surface area contributed by atoms with Crippen LogP contribution in [0, 0.1) is 3.57 Å². The van der Waals surface area contributed by atoms with Crippen LogP contribution < -0.4 is 5.73 Å². The molecule has 0 aliphatic heterocycles. The Morgan fingerprint density at radius 1 is 1.47 bits per heavy atom. The molecule has 0 saturated heterocycles. The number of benzene rings is 1. The van der Waals surface area contributed by atoms with Gasteiger partial charge in [0.05, 0.1) is 5.69 Å². The first-order valence-corrected chi connectivity index (χ1v) is 7.28. The van der Waals surface area contributed by atoms with Gasteiger partial charge in [-0.2, -0.15) is 5.10 Å². The van der Waals surface area contributed by atoms with Gasteiger partial charge in [-0.05, 0) is 47.2 Å². The van der Waals surface area contributed by atoms with Crippen LogP contribution in [0.5, 0.6) is 0 Å². The van der Waals surface area contributed by atoms with Gasteiger partial charge < -0.3 is 5.73 Å². The van der Waals surface area contributed by atoms with Gasteiger partial charge in [0, 0.05) is 19.2 Å². The van der Waals surface area contributed by atoms with Crippen molar-refractivity contribution < 1.29 is 0 Å². The topological polar surface area (TPSA) is 54.7 Å². The molecule has 0 aliphatic carbocycles. The molecule has 0 bridgehead atoms. The van der Waals surface area contributed by atoms with Crippen LogP contribution in [0.2, 0.25) is 0 Å². The van der Waals surface area contributed by atoms with Crippen LogP contribution in [-0.4, -0.2) is 10.2 Å². The summed E-state index contributed by atoms with van der Waals surface area (Å²) < 4.78 is 2.25. The molecule has 0 fully saturated rings. The Morgan fingerprint density at radius 2 is 2.24 bits per heavy atom. The monoisotopic (exact) mass is 405 g/mol. The maximum atomic E-state index is 5.89. The summed E-state index contributed by atoms with van der Waals surface area (Å²) in [6.45, 7) is 2.14. The minimum absolute atomic E-state index is 0.604. The normalized spacial score (nSPS) is 10.8. The summed E-state index contributed by atoms with van der Waals surface area (Å²) in [4.78, 5) is 0. The summed E-state index contributed by atoms with van der Waals surface area (Å²) in [7, 11) is 0. The average molecular weight is 406 g/mol. The SMILES string of the molecule is CCCc1c(N)n[nH]c1-c1cc(I)ccc1Br. The Hall–Kier alpha value is -0.560. The molecule has 17 heavy (non-hydrogen) atoms. The highest BCUT2D eigenvalue weighted by Gasteiger charge is 2.14. The van der Waals surface area contributed by atoms with Gasteiger partial charge in [0.2, 0.25) is 0 Å². The lowest BCUT2D eigenvalue weighted by Crippen LogP contribution is -1.93. The van der Waals surface area contributed by atoms with Crippen molar-refractivity contribution in [2.75, 3.05) is 5.73 Å². The lowest BCUT2D eigenvalue weighted by molar-refractivity contribution is 0.927. The molecule has 0 atom stereocenters. The van der Waals surface area contributed by atoms with E-state index in [-0.39, 0.29) is 0 Å². The average Bonchev–Trinajstić information content (AvgIpc) is 2.65. The largest absolute Gasteiger partial charge is 0.382 e. The fraction of sp³-hybridized carbons (Fsp3) is 0.250. The number of nitrogens with zero attached hydrogens (tertiary/aromatic N) is 1. The van der Waals surface area contributed by atoms with E-state index in [1.165, 1.54) is 3.57 Å². The standard InChI is InChI=1S/C12H13BrIN3/c1-2-3-8-11(16-17-12(8)15)9-6-7(14)4-5-10(9)13/h4-6H,2-3H2,1H3,(H3,15,16,17). The van der Waals surface area contributed by atoms with E-state index in [0.717, 1.165) is 34.1 Å². The number of hydrogen-bond donors (Lipinski definition) is 2. The van der Waals surface area contributed by atoms with Crippen molar-refractivity contribution >= 4 is 44.3 Å². The van der Waals surface area contributed by atoms with Crippen molar-refractivity contribution in [1.29, 1.82) is 0 Å². The molecule has 2 aromatic rings. The van der Waals surface area contributed by atoms with Crippen molar-refractivity contribution in [2.24, 2.45) is 0 Å². The van der Waals surface area contributed by atoms with Gasteiger partial charge >= 0.3 is 0 Å². The van der Waals surface area contributed by atoms with Gasteiger partial charge in [0.15, 0.2) is 0 Å². The summed E-state index contributed by atoms with van der Waals surface area (Å²) in [6.07, 6.45) is 1.99. The number of aromatic amines is 1. The second kappa shape index (κ2) is 5.39. The maximum Gasteiger partial charge on any atom is 0.149 e. The Balaban J connectivity index is 2.56. The van der Waals surface area contributed by atoms with Crippen molar-refractivity contribution in [3.8, 4) is 11.3 Å². The molecule has 3 N–H and O–H groups in total. The van der Waals surface area contributed by atoms with E-state index < -0.39 is 0 Å². The molecule has 1 heterocycles. The molecular weight excluding hydrogens is 393 g/mol. The van der Waals surface area contributed by atoms with Crippen LogP contribution in [0.1, 0.15) is 18.9 Å². The minimum Gasteiger partial charge on any atom is -0.382 e. The number of nitrogen functional groups attached to an aromatic ring is 1. The third-order valence-electron chi connectivity index (χ3n) is 2.60. The van der Waals surface area contributed by atoms with Crippen LogP contribution in [0.4, 0.5) is 5.82 Å². The lowest BCUT2D eigenvalue weighted by Gasteiger charge is -2.06. The van der Waals surface area contributed by atoms with Gasteiger partial charge in [-0.15, -0.1) is 0 Å². The molecule has 0 amide bonds. The number of rotatable bonds is 3. The zero-order valence-electron chi connectivity index (χ0n) is 9.43. The summed E-state index contributed by atoms with van der Waals surface area (Å²) in [6, 6.07) is 6.23. The highest BCUT2D eigenvalue weighted by atomic mass is 127. The fourth-order valence-electron chi connectivity index (χ4n) is 1.79. The number of halogens is 2. The first-order valence-electron chi connectivity index (χ1n) is 5.41. The third-order valence-corrected chi connectivity index (χ3v) is 3.96. The van der Waals surface area contributed by atoms with Crippen molar-refractivity contribution in [3.05, 3.63) is 31.8 Å². The van der Waals surface area contributed by atoms with E-state index in [0.29, 0.717) is 5.82 Å². The quantitative estimate of drug-likeness (QED) is 0.759. The highest BCUT2D eigenvalue weighted by Crippen LogP contribution is 2.33. The molecule has 2 rings (SSSR count). The Labute approximate surface area is 122 Å². The molecule has 0 unspecified atom stereocenters. The van der Waals surface area contributed by atoms with Crippen LogP contribution in [0.25, 0.3) is 11.3 Å². The zero-order valence-corrected chi connectivity index (χ0v) is 13.2. The molecule has 1 aromatic heterocycles. The number of nitrogens with one attached hydrogen (secondary N) is 1. The van der Waals surface area contributed by atoms with Gasteiger partial charge in [-0.3, -0.25) is 5.10 Å². The predicted octanol–water partition coefficient (Wildman–Crippen LogP) is 3.98. The summed E-state index contributed by atoms with van der Waals surface area (Å²) in [5.41, 5.74) is 9.14. The number of nitrogens with two attached hydrogens (primary N) is 1. The number of hydrogen-bond acceptors (Lipinski definition) is 2. The van der Waals surface area contributed by atoms with Gasteiger partial charge in [0.25, 0.3) is 0 Å². The van der Waals surface area contributed by atoms with E-state index in [2.05, 4.69) is 67.8 Å². The highest BCUT2D eigenvalue weighted by molar-refractivity contribution is 14.1. The van der Waals surface area contributed by atoms with E-state index >= 15 is 0 Å². The molecule has 90 valence electrons. The summed E-state index contributed by atoms with van der Waals surface area (Å²) >= 11 is 5.87. The van der Waals surface area contributed by atoms with Crippen molar-refractivity contribution in [3.63, 3.8) is 0 Å². The lowest BCUT2D eigenvalue weighted by atomic mass is 10.0. The molecule has 0 radical (unpaired) electrons. The summed E-state index contributed by atoms with van der Waals surface area (Å²) in [5, 5.41) is 7.15. The molecule has 0 spiro atoms. The summed E-state index contributed by atoms with van der Waals surface area (Å²) in [5.74, 6) is 0.604. The first-order chi connectivity index (χ1) is 8.13. The molecule has 0 aliphatic rings. The van der Waals surface area contributed by atoms with Crippen LogP contribution in [-0.2, 0) is 6.42 Å². The van der Waals surface area contributed by atoms with Gasteiger partial charge in [0.1, 0.15) is 5.82 Å². The van der Waals surface area contributed by atoms with Crippen molar-refractivity contribution in [2.45, 2.75) is 19.8 Å². The van der Waals surface area contributed by atoms with Crippen molar-refractivity contribution in [1.82, 2.24) is 10.2 Å². The first kappa shape index (κ1) is 12.9. The zero-order chi connectivity index (χ0) is 12.4. The molecular formula is C12H13BrIN3. The number of aromatic nitrogens is 2. The van der Waals surface area contributed by atoms with Gasteiger partial charge in [-0.1, -0.05) is 29.3 Å². The second-order valence-electron chi connectivity index (χ2n) is 3.84. The van der Waals surface area contributed by atoms with E-state index in [1.807, 2.05) is 6.07 Å². The number of H-pyrrole nitrogens is 1. The fourth-order valence-corrected chi connectivity index (χ4v) is 2.73.